The Morgan fingerprint density at radius 2 is 1.62 bits per heavy atom. The van der Waals surface area contributed by atoms with Crippen LogP contribution in [-0.4, -0.2) is 6.29 Å². The second-order valence-electron chi connectivity index (χ2n) is 4.99. The van der Waals surface area contributed by atoms with Crippen LogP contribution in [0.2, 0.25) is 0 Å². The molecule has 0 saturated heterocycles. The van der Waals surface area contributed by atoms with E-state index in [2.05, 4.69) is 0 Å². The maximum atomic E-state index is 11.5. The number of hydrogen-bond donors (Lipinski definition) is 0. The van der Waals surface area contributed by atoms with E-state index in [1.165, 1.54) is 0 Å². The highest BCUT2D eigenvalue weighted by molar-refractivity contribution is 6.00. The third kappa shape index (κ3) is 2.65. The summed E-state index contributed by atoms with van der Waals surface area (Å²) in [5.41, 5.74) is 1.69. The molecule has 0 saturated carbocycles. The van der Waals surface area contributed by atoms with Gasteiger partial charge < -0.3 is 4.74 Å². The highest BCUT2D eigenvalue weighted by Crippen LogP contribution is 2.30. The molecule has 0 aliphatic heterocycles. The zero-order valence-electron chi connectivity index (χ0n) is 11.8. The molecule has 1 atom stereocenters. The number of carbonyl (C=O) groups excluding carboxylic acids is 1. The van der Waals surface area contributed by atoms with Crippen molar-refractivity contribution < 1.29 is 9.53 Å². The van der Waals surface area contributed by atoms with Crippen molar-refractivity contribution in [1.82, 2.24) is 0 Å². The average molecular weight is 276 g/mol. The number of carbonyl (C=O) groups is 1. The van der Waals surface area contributed by atoms with Crippen LogP contribution in [0.4, 0.5) is 0 Å². The molecular weight excluding hydrogens is 260 g/mol. The van der Waals surface area contributed by atoms with Crippen molar-refractivity contribution in [2.24, 2.45) is 0 Å². The molecule has 21 heavy (non-hydrogen) atoms. The lowest BCUT2D eigenvalue weighted by Crippen LogP contribution is -2.04. The molecule has 0 aliphatic carbocycles. The van der Waals surface area contributed by atoms with Crippen molar-refractivity contribution in [2.75, 3.05) is 0 Å². The molecular formula is C19H16O2. The quantitative estimate of drug-likeness (QED) is 0.640. The molecule has 0 aromatic heterocycles. The van der Waals surface area contributed by atoms with E-state index < -0.39 is 0 Å². The lowest BCUT2D eigenvalue weighted by molar-refractivity contribution is 0.111. The van der Waals surface area contributed by atoms with Gasteiger partial charge in [-0.25, -0.2) is 0 Å². The van der Waals surface area contributed by atoms with Gasteiger partial charge in [-0.3, -0.25) is 4.79 Å². The first-order chi connectivity index (χ1) is 10.3. The molecule has 1 unspecified atom stereocenters. The highest BCUT2D eigenvalue weighted by Gasteiger charge is 2.12. The summed E-state index contributed by atoms with van der Waals surface area (Å²) >= 11 is 0. The van der Waals surface area contributed by atoms with Gasteiger partial charge in [0.15, 0.2) is 6.29 Å². The zero-order chi connectivity index (χ0) is 14.7. The van der Waals surface area contributed by atoms with E-state index in [9.17, 15) is 4.79 Å². The van der Waals surface area contributed by atoms with Gasteiger partial charge in [0.2, 0.25) is 0 Å². The second-order valence-corrected chi connectivity index (χ2v) is 4.99. The molecule has 0 radical (unpaired) electrons. The summed E-state index contributed by atoms with van der Waals surface area (Å²) in [6, 6.07) is 21.7. The lowest BCUT2D eigenvalue weighted by atomic mass is 10.0. The van der Waals surface area contributed by atoms with Gasteiger partial charge in [-0.2, -0.15) is 0 Å². The molecule has 0 spiro atoms. The lowest BCUT2D eigenvalue weighted by Gasteiger charge is -2.17. The Bertz CT molecular complexity index is 763. The molecule has 3 rings (SSSR count). The Balaban J connectivity index is 1.99. The fourth-order valence-corrected chi connectivity index (χ4v) is 2.48. The Hall–Kier alpha value is -2.61. The molecule has 0 heterocycles. The number of ether oxygens (including phenoxy) is 1. The van der Waals surface area contributed by atoms with Crippen LogP contribution in [-0.2, 0) is 0 Å². The molecule has 2 heteroatoms. The molecule has 2 nitrogen and oxygen atoms in total. The summed E-state index contributed by atoms with van der Waals surface area (Å²) in [7, 11) is 0. The van der Waals surface area contributed by atoms with Gasteiger partial charge in [0.1, 0.15) is 11.9 Å². The Morgan fingerprint density at radius 1 is 0.905 bits per heavy atom. The monoisotopic (exact) mass is 276 g/mol. The summed E-state index contributed by atoms with van der Waals surface area (Å²) in [6.45, 7) is 1.99. The number of aldehydes is 1. The zero-order valence-corrected chi connectivity index (χ0v) is 11.8. The minimum absolute atomic E-state index is 0.105. The predicted octanol–water partition coefficient (Wildman–Crippen LogP) is 4.79. The van der Waals surface area contributed by atoms with E-state index in [-0.39, 0.29) is 6.10 Å². The summed E-state index contributed by atoms with van der Waals surface area (Å²) < 4.78 is 6.00. The van der Waals surface area contributed by atoms with Gasteiger partial charge in [-0.05, 0) is 29.3 Å². The van der Waals surface area contributed by atoms with Crippen molar-refractivity contribution in [3.8, 4) is 5.75 Å². The fraction of sp³-hybridized carbons (Fsp3) is 0.105. The number of fused-ring (bicyclic) bond motifs is 1. The van der Waals surface area contributed by atoms with Gasteiger partial charge >= 0.3 is 0 Å². The number of hydrogen-bond acceptors (Lipinski definition) is 2. The van der Waals surface area contributed by atoms with Crippen molar-refractivity contribution >= 4 is 17.1 Å². The van der Waals surface area contributed by atoms with E-state index >= 15 is 0 Å². The van der Waals surface area contributed by atoms with Crippen molar-refractivity contribution in [3.63, 3.8) is 0 Å². The third-order valence-corrected chi connectivity index (χ3v) is 3.62. The van der Waals surface area contributed by atoms with Gasteiger partial charge in [0, 0.05) is 0 Å². The molecule has 0 N–H and O–H groups in total. The first-order valence-electron chi connectivity index (χ1n) is 6.98. The van der Waals surface area contributed by atoms with Gasteiger partial charge in [-0.15, -0.1) is 0 Å². The van der Waals surface area contributed by atoms with Crippen LogP contribution in [0.15, 0.2) is 66.7 Å². The topological polar surface area (TPSA) is 26.3 Å². The van der Waals surface area contributed by atoms with Crippen LogP contribution >= 0.6 is 0 Å². The number of rotatable bonds is 4. The number of benzene rings is 3. The van der Waals surface area contributed by atoms with E-state index in [0.717, 1.165) is 22.6 Å². The molecule has 104 valence electrons. The molecule has 3 aromatic rings. The molecule has 3 aromatic carbocycles. The first kappa shape index (κ1) is 13.4. The van der Waals surface area contributed by atoms with Crippen molar-refractivity contribution in [2.45, 2.75) is 13.0 Å². The van der Waals surface area contributed by atoms with Gasteiger partial charge in [0.05, 0.1) is 5.56 Å². The minimum Gasteiger partial charge on any atom is -0.485 e. The van der Waals surface area contributed by atoms with Crippen molar-refractivity contribution in [1.29, 1.82) is 0 Å². The first-order valence-corrected chi connectivity index (χ1v) is 6.98. The maximum absolute atomic E-state index is 11.5. The maximum Gasteiger partial charge on any atom is 0.154 e. The third-order valence-electron chi connectivity index (χ3n) is 3.62. The molecule has 0 bridgehead atoms. The Morgan fingerprint density at radius 3 is 2.38 bits per heavy atom. The minimum atomic E-state index is -0.105. The van der Waals surface area contributed by atoms with E-state index in [0.29, 0.717) is 11.3 Å². The molecule has 0 aliphatic rings. The van der Waals surface area contributed by atoms with Crippen LogP contribution in [0, 0.1) is 0 Å². The van der Waals surface area contributed by atoms with Crippen LogP contribution in [0.1, 0.15) is 28.9 Å². The Labute approximate surface area is 124 Å². The van der Waals surface area contributed by atoms with Gasteiger partial charge in [0.25, 0.3) is 0 Å². The van der Waals surface area contributed by atoms with Crippen molar-refractivity contribution in [3.05, 3.63) is 77.9 Å². The molecule has 0 fully saturated rings. The normalized spacial score (nSPS) is 12.0. The van der Waals surface area contributed by atoms with Crippen LogP contribution < -0.4 is 4.74 Å². The predicted molar refractivity (Wildman–Crippen MR) is 84.8 cm³/mol. The highest BCUT2D eigenvalue weighted by atomic mass is 16.5. The standard InChI is InChI=1S/C19H16O2/c1-14(15-7-3-2-4-8-15)21-19-12-11-16-9-5-6-10-17(16)18(19)13-20/h2-14H,1H3. The SMILES string of the molecule is CC(Oc1ccc2ccccc2c1C=O)c1ccccc1. The largest absolute Gasteiger partial charge is 0.485 e. The van der Waals surface area contributed by atoms with Gasteiger partial charge in [-0.1, -0.05) is 60.7 Å². The smallest absolute Gasteiger partial charge is 0.154 e. The molecule has 0 amide bonds. The van der Waals surface area contributed by atoms with Crippen LogP contribution in [0.25, 0.3) is 10.8 Å². The second kappa shape index (κ2) is 5.80. The van der Waals surface area contributed by atoms with E-state index in [1.54, 1.807) is 0 Å². The summed E-state index contributed by atoms with van der Waals surface area (Å²) in [4.78, 5) is 11.5. The van der Waals surface area contributed by atoms with Crippen LogP contribution in [0.3, 0.4) is 0 Å². The van der Waals surface area contributed by atoms with Crippen LogP contribution in [0.5, 0.6) is 5.75 Å². The average Bonchev–Trinajstić information content (AvgIpc) is 2.55. The summed E-state index contributed by atoms with van der Waals surface area (Å²) in [5.74, 6) is 0.625. The summed E-state index contributed by atoms with van der Waals surface area (Å²) in [6.07, 6.45) is 0.765. The Kier molecular flexibility index (Phi) is 3.69. The van der Waals surface area contributed by atoms with E-state index in [1.807, 2.05) is 73.7 Å². The van der Waals surface area contributed by atoms with E-state index in [4.69, 9.17) is 4.74 Å². The summed E-state index contributed by atoms with van der Waals surface area (Å²) in [5, 5.41) is 1.96. The fourth-order valence-electron chi connectivity index (χ4n) is 2.48.